The fourth-order valence-corrected chi connectivity index (χ4v) is 3.89. The van der Waals surface area contributed by atoms with Gasteiger partial charge in [0.05, 0.1) is 30.7 Å². The number of anilines is 1. The highest BCUT2D eigenvalue weighted by molar-refractivity contribution is 6.10. The van der Waals surface area contributed by atoms with Gasteiger partial charge in [-0.25, -0.2) is 0 Å². The molecule has 32 heavy (non-hydrogen) atoms. The number of carbonyl (C=O) groups is 1. The summed E-state index contributed by atoms with van der Waals surface area (Å²) in [5, 5.41) is 21.7. The van der Waals surface area contributed by atoms with Gasteiger partial charge in [0.2, 0.25) is 0 Å². The van der Waals surface area contributed by atoms with E-state index in [1.54, 1.807) is 12.1 Å². The molecule has 164 valence electrons. The van der Waals surface area contributed by atoms with Crippen LogP contribution < -0.4 is 14.4 Å². The third-order valence-corrected chi connectivity index (χ3v) is 5.45. The van der Waals surface area contributed by atoms with Crippen LogP contribution in [0.3, 0.4) is 0 Å². The minimum absolute atomic E-state index is 0.130. The van der Waals surface area contributed by atoms with Crippen LogP contribution in [0, 0.1) is 10.1 Å². The molecule has 1 aliphatic heterocycles. The van der Waals surface area contributed by atoms with Crippen molar-refractivity contribution in [3.8, 4) is 11.5 Å². The maximum Gasteiger partial charge on any atom is 0.286 e. The average Bonchev–Trinajstić information content (AvgIpc) is 3.21. The Morgan fingerprint density at radius 1 is 1.12 bits per heavy atom. The summed E-state index contributed by atoms with van der Waals surface area (Å²) in [5.74, 6) is -0.198. The molecule has 0 spiro atoms. The number of fused-ring (bicyclic) bond motifs is 1. The quantitative estimate of drug-likeness (QED) is 0.449. The van der Waals surface area contributed by atoms with Gasteiger partial charge in [0.25, 0.3) is 11.6 Å². The zero-order chi connectivity index (χ0) is 22.7. The van der Waals surface area contributed by atoms with Crippen LogP contribution in [0.5, 0.6) is 11.5 Å². The average molecular weight is 434 g/mol. The Balaban J connectivity index is 1.72. The van der Waals surface area contributed by atoms with Crippen LogP contribution in [0.25, 0.3) is 0 Å². The first-order valence-corrected chi connectivity index (χ1v) is 10.1. The highest BCUT2D eigenvalue weighted by atomic mass is 16.6. The van der Waals surface area contributed by atoms with Gasteiger partial charge in [0, 0.05) is 11.8 Å². The number of ether oxygens (including phenoxy) is 2. The first-order chi connectivity index (χ1) is 15.5. The van der Waals surface area contributed by atoms with Gasteiger partial charge in [-0.1, -0.05) is 48.5 Å². The van der Waals surface area contributed by atoms with Crippen LogP contribution in [0.15, 0.2) is 66.7 Å². The van der Waals surface area contributed by atoms with Gasteiger partial charge in [-0.2, -0.15) is 0 Å². The molecule has 8 nitrogen and oxygen atoms in total. The number of benzene rings is 3. The lowest BCUT2D eigenvalue weighted by atomic mass is 10.1. The Kier molecular flexibility index (Phi) is 6.04. The number of methoxy groups -OCH3 is 1. The molecular weight excluding hydrogens is 412 g/mol. The first kappa shape index (κ1) is 21.3. The number of carbonyl (C=O) groups excluding carboxylic acids is 1. The molecule has 0 bridgehead atoms. The normalized spacial score (nSPS) is 14.7. The van der Waals surface area contributed by atoms with Crippen molar-refractivity contribution >= 4 is 17.3 Å². The Labute approximate surface area is 184 Å². The minimum atomic E-state index is -0.613. The largest absolute Gasteiger partial charge is 0.493 e. The van der Waals surface area contributed by atoms with Crippen LogP contribution in [-0.4, -0.2) is 35.7 Å². The lowest BCUT2D eigenvalue weighted by molar-refractivity contribution is -0.385. The van der Waals surface area contributed by atoms with E-state index in [1.807, 2.05) is 42.5 Å². The van der Waals surface area contributed by atoms with Gasteiger partial charge in [0.15, 0.2) is 11.5 Å². The standard InChI is InChI=1S/C24H22N2O6/c1-31-22-12-19(24(28)25-18(14-27)11-17-9-5-6-10-20(17)25)21(26(29)30)13-23(22)32-15-16-7-3-2-4-8-16/h2-10,12-13,18,27H,11,14-15H2,1H3/t18-/m0/s1. The molecule has 0 saturated carbocycles. The number of aliphatic hydroxyl groups is 1. The number of rotatable bonds is 7. The predicted molar refractivity (Wildman–Crippen MR) is 118 cm³/mol. The van der Waals surface area contributed by atoms with Crippen LogP contribution >= 0.6 is 0 Å². The number of para-hydroxylation sites is 1. The SMILES string of the molecule is COc1cc(C(=O)N2c3ccccc3C[C@H]2CO)c([N+](=O)[O-])cc1OCc1ccccc1. The fraction of sp³-hybridized carbons (Fsp3) is 0.208. The minimum Gasteiger partial charge on any atom is -0.493 e. The molecule has 8 heteroatoms. The predicted octanol–water partition coefficient (Wildman–Crippen LogP) is 3.75. The Hall–Kier alpha value is -3.91. The Bertz CT molecular complexity index is 1150. The van der Waals surface area contributed by atoms with Crippen molar-refractivity contribution in [2.45, 2.75) is 19.1 Å². The molecule has 0 saturated heterocycles. The van der Waals surface area contributed by atoms with Crippen molar-refractivity contribution < 1.29 is 24.3 Å². The number of nitro groups is 1. The van der Waals surface area contributed by atoms with Crippen molar-refractivity contribution in [2.24, 2.45) is 0 Å². The van der Waals surface area contributed by atoms with E-state index in [4.69, 9.17) is 9.47 Å². The number of nitro benzene ring substituents is 1. The number of nitrogens with zero attached hydrogens (tertiary/aromatic N) is 2. The monoisotopic (exact) mass is 434 g/mol. The van der Waals surface area contributed by atoms with E-state index < -0.39 is 16.9 Å². The highest BCUT2D eigenvalue weighted by Crippen LogP contribution is 2.39. The van der Waals surface area contributed by atoms with Crippen LogP contribution in [0.2, 0.25) is 0 Å². The van der Waals surface area contributed by atoms with Crippen LogP contribution in [-0.2, 0) is 13.0 Å². The summed E-state index contributed by atoms with van der Waals surface area (Å²) in [6.45, 7) is -0.0721. The molecule has 0 radical (unpaired) electrons. The van der Waals surface area contributed by atoms with E-state index in [1.165, 1.54) is 24.1 Å². The van der Waals surface area contributed by atoms with Gasteiger partial charge in [0.1, 0.15) is 12.2 Å². The number of amides is 1. The smallest absolute Gasteiger partial charge is 0.286 e. The number of hydrogen-bond acceptors (Lipinski definition) is 6. The maximum absolute atomic E-state index is 13.5. The van der Waals surface area contributed by atoms with Gasteiger partial charge < -0.3 is 19.5 Å². The molecule has 1 N–H and O–H groups in total. The first-order valence-electron chi connectivity index (χ1n) is 10.1. The second-order valence-corrected chi connectivity index (χ2v) is 7.40. The molecular formula is C24H22N2O6. The van der Waals surface area contributed by atoms with E-state index >= 15 is 0 Å². The molecule has 3 aromatic rings. The molecule has 0 unspecified atom stereocenters. The van der Waals surface area contributed by atoms with Gasteiger partial charge >= 0.3 is 0 Å². The number of aliphatic hydroxyl groups excluding tert-OH is 1. The van der Waals surface area contributed by atoms with E-state index in [0.717, 1.165) is 11.1 Å². The second kappa shape index (κ2) is 9.07. The third-order valence-electron chi connectivity index (χ3n) is 5.45. The molecule has 0 aromatic heterocycles. The number of hydrogen-bond donors (Lipinski definition) is 1. The summed E-state index contributed by atoms with van der Waals surface area (Å²) in [6.07, 6.45) is 0.474. The van der Waals surface area contributed by atoms with E-state index in [2.05, 4.69) is 0 Å². The Morgan fingerprint density at radius 3 is 2.53 bits per heavy atom. The topological polar surface area (TPSA) is 102 Å². The van der Waals surface area contributed by atoms with Crippen LogP contribution in [0.1, 0.15) is 21.5 Å². The van der Waals surface area contributed by atoms with E-state index in [9.17, 15) is 20.0 Å². The highest BCUT2D eigenvalue weighted by Gasteiger charge is 2.37. The zero-order valence-electron chi connectivity index (χ0n) is 17.4. The summed E-state index contributed by atoms with van der Waals surface area (Å²) in [5.41, 5.74) is 1.90. The van der Waals surface area contributed by atoms with Crippen molar-refractivity contribution in [3.05, 3.63) is 93.5 Å². The lowest BCUT2D eigenvalue weighted by Crippen LogP contribution is -2.40. The fourth-order valence-electron chi connectivity index (χ4n) is 3.89. The Morgan fingerprint density at radius 2 is 1.84 bits per heavy atom. The molecule has 4 rings (SSSR count). The second-order valence-electron chi connectivity index (χ2n) is 7.40. The summed E-state index contributed by atoms with van der Waals surface area (Å²) in [4.78, 5) is 26.1. The van der Waals surface area contributed by atoms with Crippen molar-refractivity contribution in [1.82, 2.24) is 0 Å². The van der Waals surface area contributed by atoms with Crippen molar-refractivity contribution in [1.29, 1.82) is 0 Å². The van der Waals surface area contributed by atoms with Crippen molar-refractivity contribution in [3.63, 3.8) is 0 Å². The van der Waals surface area contributed by atoms with Gasteiger partial charge in [-0.15, -0.1) is 0 Å². The zero-order valence-corrected chi connectivity index (χ0v) is 17.4. The molecule has 3 aromatic carbocycles. The van der Waals surface area contributed by atoms with Gasteiger partial charge in [-0.05, 0) is 23.6 Å². The van der Waals surface area contributed by atoms with Crippen molar-refractivity contribution in [2.75, 3.05) is 18.6 Å². The van der Waals surface area contributed by atoms with Crippen LogP contribution in [0.4, 0.5) is 11.4 Å². The summed E-state index contributed by atoms with van der Waals surface area (Å²) >= 11 is 0. The molecule has 0 fully saturated rings. The van der Waals surface area contributed by atoms with E-state index in [-0.39, 0.29) is 36.0 Å². The molecule has 1 heterocycles. The van der Waals surface area contributed by atoms with E-state index in [0.29, 0.717) is 12.1 Å². The third kappa shape index (κ3) is 4.00. The molecule has 1 amide bonds. The molecule has 0 aliphatic carbocycles. The van der Waals surface area contributed by atoms with Gasteiger partial charge in [-0.3, -0.25) is 14.9 Å². The molecule has 1 atom stereocenters. The summed E-state index contributed by atoms with van der Waals surface area (Å²) < 4.78 is 11.1. The maximum atomic E-state index is 13.5. The summed E-state index contributed by atoms with van der Waals surface area (Å²) in [7, 11) is 1.41. The summed E-state index contributed by atoms with van der Waals surface area (Å²) in [6, 6.07) is 18.7. The lowest BCUT2D eigenvalue weighted by Gasteiger charge is -2.24. The molecule has 1 aliphatic rings.